The SMILES string of the molecule is CCCCc1oc2ccccc2c1CN(C)C(=O)Cn1c(-c2ccc(OC)cc2)n[nH]c1=S. The van der Waals surface area contributed by atoms with E-state index in [1.54, 1.807) is 16.6 Å². The first-order chi connectivity index (χ1) is 16.0. The first-order valence-electron chi connectivity index (χ1n) is 11.0. The molecule has 2 heterocycles. The molecule has 1 amide bonds. The Morgan fingerprint density at radius 1 is 1.21 bits per heavy atom. The van der Waals surface area contributed by atoms with Gasteiger partial charge in [0.05, 0.1) is 7.11 Å². The zero-order chi connectivity index (χ0) is 23.4. The van der Waals surface area contributed by atoms with Gasteiger partial charge >= 0.3 is 0 Å². The van der Waals surface area contributed by atoms with Crippen molar-refractivity contribution >= 4 is 29.1 Å². The lowest BCUT2D eigenvalue weighted by Gasteiger charge is -2.18. The van der Waals surface area contributed by atoms with E-state index in [1.165, 1.54) is 0 Å². The first kappa shape index (κ1) is 22.8. The Morgan fingerprint density at radius 2 is 1.97 bits per heavy atom. The highest BCUT2D eigenvalue weighted by atomic mass is 32.1. The maximum Gasteiger partial charge on any atom is 0.242 e. The predicted octanol–water partition coefficient (Wildman–Crippen LogP) is 5.36. The van der Waals surface area contributed by atoms with Gasteiger partial charge in [-0.3, -0.25) is 14.5 Å². The van der Waals surface area contributed by atoms with Gasteiger partial charge in [-0.15, -0.1) is 0 Å². The lowest BCUT2D eigenvalue weighted by Crippen LogP contribution is -2.30. The van der Waals surface area contributed by atoms with Crippen molar-refractivity contribution < 1.29 is 13.9 Å². The number of nitrogens with one attached hydrogen (secondary N) is 1. The average molecular weight is 465 g/mol. The van der Waals surface area contributed by atoms with Crippen LogP contribution in [0.25, 0.3) is 22.4 Å². The van der Waals surface area contributed by atoms with Crippen molar-refractivity contribution in [1.82, 2.24) is 19.7 Å². The van der Waals surface area contributed by atoms with E-state index >= 15 is 0 Å². The third kappa shape index (κ3) is 4.85. The summed E-state index contributed by atoms with van der Waals surface area (Å²) in [6.45, 7) is 2.72. The minimum absolute atomic E-state index is 0.0611. The minimum atomic E-state index is -0.0611. The van der Waals surface area contributed by atoms with E-state index in [0.717, 1.165) is 52.9 Å². The van der Waals surface area contributed by atoms with Gasteiger partial charge in [-0.05, 0) is 49.0 Å². The molecule has 33 heavy (non-hydrogen) atoms. The van der Waals surface area contributed by atoms with Crippen LogP contribution in [0, 0.1) is 4.77 Å². The quantitative estimate of drug-likeness (QED) is 0.337. The number of hydrogen-bond donors (Lipinski definition) is 1. The second-order valence-corrected chi connectivity index (χ2v) is 8.41. The van der Waals surface area contributed by atoms with Gasteiger partial charge in [0.1, 0.15) is 23.6 Å². The largest absolute Gasteiger partial charge is 0.497 e. The van der Waals surface area contributed by atoms with Crippen molar-refractivity contribution in [3.05, 3.63) is 64.6 Å². The molecule has 2 aromatic carbocycles. The second-order valence-electron chi connectivity index (χ2n) is 8.02. The molecule has 0 saturated heterocycles. The topological polar surface area (TPSA) is 76.3 Å². The summed E-state index contributed by atoms with van der Waals surface area (Å²) < 4.78 is 13.5. The van der Waals surface area contributed by atoms with Crippen LogP contribution in [0.4, 0.5) is 0 Å². The summed E-state index contributed by atoms with van der Waals surface area (Å²) >= 11 is 5.41. The molecule has 1 N–H and O–H groups in total. The minimum Gasteiger partial charge on any atom is -0.497 e. The first-order valence-corrected chi connectivity index (χ1v) is 11.5. The summed E-state index contributed by atoms with van der Waals surface area (Å²) in [4.78, 5) is 14.9. The highest BCUT2D eigenvalue weighted by molar-refractivity contribution is 7.71. The van der Waals surface area contributed by atoms with Crippen molar-refractivity contribution in [1.29, 1.82) is 0 Å². The third-order valence-electron chi connectivity index (χ3n) is 5.76. The summed E-state index contributed by atoms with van der Waals surface area (Å²) in [6.07, 6.45) is 2.98. The fraction of sp³-hybridized carbons (Fsp3) is 0.320. The number of aromatic nitrogens is 3. The van der Waals surface area contributed by atoms with Crippen LogP contribution in [0.3, 0.4) is 0 Å². The molecule has 0 saturated carbocycles. The Labute approximate surface area is 198 Å². The number of aryl methyl sites for hydroxylation is 1. The van der Waals surface area contributed by atoms with Crippen molar-refractivity contribution in [3.63, 3.8) is 0 Å². The van der Waals surface area contributed by atoms with E-state index in [1.807, 2.05) is 49.5 Å². The van der Waals surface area contributed by atoms with E-state index in [-0.39, 0.29) is 12.5 Å². The van der Waals surface area contributed by atoms with Crippen LogP contribution >= 0.6 is 12.2 Å². The van der Waals surface area contributed by atoms with Crippen LogP contribution in [0.5, 0.6) is 5.75 Å². The maximum absolute atomic E-state index is 13.2. The third-order valence-corrected chi connectivity index (χ3v) is 6.07. The number of aromatic amines is 1. The van der Waals surface area contributed by atoms with Crippen molar-refractivity contribution in [2.75, 3.05) is 14.2 Å². The van der Waals surface area contributed by atoms with E-state index in [4.69, 9.17) is 21.4 Å². The normalized spacial score (nSPS) is 11.1. The van der Waals surface area contributed by atoms with E-state index in [2.05, 4.69) is 23.2 Å². The van der Waals surface area contributed by atoms with E-state index in [0.29, 0.717) is 17.1 Å². The number of furan rings is 1. The number of ether oxygens (including phenoxy) is 1. The molecule has 0 spiro atoms. The Hall–Kier alpha value is -3.39. The zero-order valence-electron chi connectivity index (χ0n) is 19.1. The average Bonchev–Trinajstić information content (AvgIpc) is 3.37. The zero-order valence-corrected chi connectivity index (χ0v) is 19.9. The van der Waals surface area contributed by atoms with Gasteiger partial charge in [0.25, 0.3) is 0 Å². The Morgan fingerprint density at radius 3 is 2.70 bits per heavy atom. The second kappa shape index (κ2) is 10.0. The van der Waals surface area contributed by atoms with Gasteiger partial charge in [-0.2, -0.15) is 5.10 Å². The lowest BCUT2D eigenvalue weighted by atomic mass is 10.1. The molecular weight excluding hydrogens is 436 g/mol. The van der Waals surface area contributed by atoms with Crippen LogP contribution < -0.4 is 4.74 Å². The molecule has 0 aliphatic carbocycles. The lowest BCUT2D eigenvalue weighted by molar-refractivity contribution is -0.131. The molecule has 0 radical (unpaired) electrons. The smallest absolute Gasteiger partial charge is 0.242 e. The summed E-state index contributed by atoms with van der Waals surface area (Å²) in [5.41, 5.74) is 2.78. The monoisotopic (exact) mass is 464 g/mol. The van der Waals surface area contributed by atoms with Gasteiger partial charge in [-0.25, -0.2) is 0 Å². The molecule has 4 rings (SSSR count). The molecule has 7 nitrogen and oxygen atoms in total. The molecule has 0 fully saturated rings. The molecule has 0 unspecified atom stereocenters. The molecule has 8 heteroatoms. The van der Waals surface area contributed by atoms with Gasteiger partial charge in [0.2, 0.25) is 5.91 Å². The van der Waals surface area contributed by atoms with Crippen molar-refractivity contribution in [3.8, 4) is 17.1 Å². The van der Waals surface area contributed by atoms with E-state index in [9.17, 15) is 4.79 Å². The van der Waals surface area contributed by atoms with Gasteiger partial charge in [0, 0.05) is 36.5 Å². The number of unbranched alkanes of at least 4 members (excludes halogenated alkanes) is 1. The number of nitrogens with zero attached hydrogens (tertiary/aromatic N) is 3. The van der Waals surface area contributed by atoms with E-state index < -0.39 is 0 Å². The molecule has 0 bridgehead atoms. The molecule has 4 aromatic rings. The molecule has 172 valence electrons. The number of carbonyl (C=O) groups excluding carboxylic acids is 1. The van der Waals surface area contributed by atoms with Crippen LogP contribution in [-0.2, 0) is 24.3 Å². The summed E-state index contributed by atoms with van der Waals surface area (Å²) in [5, 5.41) is 8.20. The summed E-state index contributed by atoms with van der Waals surface area (Å²) in [5.74, 6) is 2.26. The molecule has 0 aliphatic rings. The molecular formula is C25H28N4O3S. The number of methoxy groups -OCH3 is 1. The van der Waals surface area contributed by atoms with Crippen LogP contribution in [0.1, 0.15) is 31.1 Å². The molecule has 0 atom stereocenters. The van der Waals surface area contributed by atoms with Gasteiger partial charge < -0.3 is 14.1 Å². The highest BCUT2D eigenvalue weighted by Crippen LogP contribution is 2.28. The number of fused-ring (bicyclic) bond motifs is 1. The van der Waals surface area contributed by atoms with Gasteiger partial charge in [-0.1, -0.05) is 31.5 Å². The number of hydrogen-bond acceptors (Lipinski definition) is 5. The van der Waals surface area contributed by atoms with Crippen LogP contribution in [0.15, 0.2) is 52.9 Å². The van der Waals surface area contributed by atoms with Gasteiger partial charge in [0.15, 0.2) is 10.6 Å². The Bertz CT molecular complexity index is 1300. The Balaban J connectivity index is 1.56. The van der Waals surface area contributed by atoms with Crippen LogP contribution in [0.2, 0.25) is 0 Å². The van der Waals surface area contributed by atoms with Crippen molar-refractivity contribution in [2.45, 2.75) is 39.3 Å². The summed E-state index contributed by atoms with van der Waals surface area (Å²) in [7, 11) is 3.43. The molecule has 0 aliphatic heterocycles. The number of carbonyl (C=O) groups is 1. The Kier molecular flexibility index (Phi) is 6.93. The fourth-order valence-corrected chi connectivity index (χ4v) is 4.06. The molecule has 2 aromatic heterocycles. The number of H-pyrrole nitrogens is 1. The highest BCUT2D eigenvalue weighted by Gasteiger charge is 2.20. The number of benzene rings is 2. The summed E-state index contributed by atoms with van der Waals surface area (Å²) in [6, 6.07) is 15.5. The number of likely N-dealkylation sites (N-methyl/N-ethyl adjacent to an activating group) is 1. The maximum atomic E-state index is 13.2. The number of amides is 1. The van der Waals surface area contributed by atoms with Crippen molar-refractivity contribution in [2.24, 2.45) is 0 Å². The number of rotatable bonds is 9. The van der Waals surface area contributed by atoms with Crippen LogP contribution in [-0.4, -0.2) is 39.7 Å². The predicted molar refractivity (Wildman–Crippen MR) is 131 cm³/mol. The standard InChI is InChI=1S/C25H28N4O3S/c1-4-5-9-22-20(19-8-6-7-10-21(19)32-22)15-28(2)23(30)16-29-24(26-27-25(29)33)17-11-13-18(31-3)14-12-17/h6-8,10-14H,4-5,9,15-16H2,1-3H3,(H,27,33). The number of para-hydroxylation sites is 1. The fourth-order valence-electron chi connectivity index (χ4n) is 3.87.